The van der Waals surface area contributed by atoms with Gasteiger partial charge in [-0.15, -0.1) is 0 Å². The lowest BCUT2D eigenvalue weighted by Crippen LogP contribution is -2.61. The van der Waals surface area contributed by atoms with Crippen LogP contribution in [0.25, 0.3) is 0 Å². The van der Waals surface area contributed by atoms with E-state index in [0.717, 1.165) is 25.7 Å². The highest BCUT2D eigenvalue weighted by Crippen LogP contribution is 2.18. The van der Waals surface area contributed by atoms with E-state index in [9.17, 15) is 14.4 Å². The number of rotatable bonds is 3. The molecule has 0 aromatic rings. The van der Waals surface area contributed by atoms with E-state index in [2.05, 4.69) is 15.4 Å². The van der Waals surface area contributed by atoms with Crippen LogP contribution in [0, 0.1) is 0 Å². The van der Waals surface area contributed by atoms with Crippen LogP contribution >= 0.6 is 0 Å². The largest absolute Gasteiger partial charge is 0.469 e. The minimum absolute atomic E-state index is 0.111. The van der Waals surface area contributed by atoms with E-state index in [1.807, 2.05) is 0 Å². The molecule has 118 valence electrons. The third kappa shape index (κ3) is 4.09. The van der Waals surface area contributed by atoms with Gasteiger partial charge in [-0.25, -0.2) is 4.79 Å². The average molecular weight is 297 g/mol. The number of urea groups is 1. The maximum Gasteiger partial charge on any atom is 0.318 e. The molecule has 0 aromatic carbocycles. The molecular weight excluding hydrogens is 274 g/mol. The molecule has 7 heteroatoms. The first-order valence-electron chi connectivity index (χ1n) is 7.53. The van der Waals surface area contributed by atoms with Crippen LogP contribution in [0.2, 0.25) is 0 Å². The first kappa shape index (κ1) is 15.6. The molecule has 2 fully saturated rings. The van der Waals surface area contributed by atoms with Crippen LogP contribution in [-0.2, 0) is 14.3 Å². The van der Waals surface area contributed by atoms with Crippen molar-refractivity contribution in [2.24, 2.45) is 0 Å². The van der Waals surface area contributed by atoms with Crippen LogP contribution in [0.3, 0.4) is 0 Å². The van der Waals surface area contributed by atoms with Gasteiger partial charge in [0.05, 0.1) is 13.5 Å². The summed E-state index contributed by atoms with van der Waals surface area (Å²) in [5.74, 6) is -0.794. The first-order valence-corrected chi connectivity index (χ1v) is 7.53. The van der Waals surface area contributed by atoms with Crippen LogP contribution < -0.4 is 10.6 Å². The second kappa shape index (κ2) is 7.28. The minimum atomic E-state index is -0.783. The van der Waals surface area contributed by atoms with Crippen molar-refractivity contribution >= 4 is 17.9 Å². The first-order chi connectivity index (χ1) is 10.1. The Hall–Kier alpha value is -1.79. The zero-order valence-electron chi connectivity index (χ0n) is 12.4. The van der Waals surface area contributed by atoms with Crippen molar-refractivity contribution in [1.29, 1.82) is 0 Å². The molecule has 7 nitrogen and oxygen atoms in total. The van der Waals surface area contributed by atoms with Crippen molar-refractivity contribution in [2.75, 3.05) is 20.2 Å². The summed E-state index contributed by atoms with van der Waals surface area (Å²) in [6.07, 6.45) is 5.30. The van der Waals surface area contributed by atoms with Crippen molar-refractivity contribution in [1.82, 2.24) is 15.5 Å². The van der Waals surface area contributed by atoms with E-state index in [4.69, 9.17) is 0 Å². The molecular formula is C14H23N3O4. The molecule has 0 radical (unpaired) electrons. The monoisotopic (exact) mass is 297 g/mol. The lowest BCUT2D eigenvalue weighted by atomic mass is 9.95. The summed E-state index contributed by atoms with van der Waals surface area (Å²) in [6.45, 7) is 0.820. The maximum atomic E-state index is 12.4. The number of esters is 1. The molecule has 2 N–H and O–H groups in total. The number of hydrogen-bond donors (Lipinski definition) is 2. The Bertz CT molecular complexity index is 407. The number of ether oxygens (including phenoxy) is 1. The summed E-state index contributed by atoms with van der Waals surface area (Å²) in [7, 11) is 1.27. The summed E-state index contributed by atoms with van der Waals surface area (Å²) in [5.41, 5.74) is 0. The fourth-order valence-electron chi connectivity index (χ4n) is 2.91. The predicted molar refractivity (Wildman–Crippen MR) is 75.5 cm³/mol. The molecule has 2 aliphatic rings. The third-order valence-corrected chi connectivity index (χ3v) is 4.11. The fraction of sp³-hybridized carbons (Fsp3) is 0.786. The lowest BCUT2D eigenvalue weighted by molar-refractivity contribution is -0.145. The van der Waals surface area contributed by atoms with Gasteiger partial charge < -0.3 is 20.3 Å². The molecule has 1 atom stereocenters. The summed E-state index contributed by atoms with van der Waals surface area (Å²) >= 11 is 0. The zero-order chi connectivity index (χ0) is 15.2. The van der Waals surface area contributed by atoms with Gasteiger partial charge >= 0.3 is 12.0 Å². The fourth-order valence-corrected chi connectivity index (χ4v) is 2.91. The number of nitrogens with zero attached hydrogens (tertiary/aromatic N) is 1. The van der Waals surface area contributed by atoms with Gasteiger partial charge in [-0.3, -0.25) is 9.59 Å². The number of nitrogens with one attached hydrogen (secondary N) is 2. The van der Waals surface area contributed by atoms with Gasteiger partial charge in [0.1, 0.15) is 6.04 Å². The minimum Gasteiger partial charge on any atom is -0.469 e. The van der Waals surface area contributed by atoms with Crippen molar-refractivity contribution in [2.45, 2.75) is 50.6 Å². The quantitative estimate of drug-likeness (QED) is 0.738. The molecule has 0 bridgehead atoms. The van der Waals surface area contributed by atoms with Crippen molar-refractivity contribution < 1.29 is 19.1 Å². The van der Waals surface area contributed by atoms with Gasteiger partial charge in [0.2, 0.25) is 5.91 Å². The van der Waals surface area contributed by atoms with Gasteiger partial charge in [-0.2, -0.15) is 0 Å². The molecule has 1 saturated carbocycles. The van der Waals surface area contributed by atoms with Crippen molar-refractivity contribution in [3.63, 3.8) is 0 Å². The van der Waals surface area contributed by atoms with E-state index in [0.29, 0.717) is 13.1 Å². The topological polar surface area (TPSA) is 87.7 Å². The van der Waals surface area contributed by atoms with E-state index >= 15 is 0 Å². The number of amides is 3. The Morgan fingerprint density at radius 2 is 2.05 bits per heavy atom. The molecule has 0 spiro atoms. The number of piperazine rings is 1. The molecule has 3 amide bonds. The SMILES string of the molecule is COC(=O)C[C@H]1C(=O)NCCN1C(=O)NC1CCCCC1. The third-order valence-electron chi connectivity index (χ3n) is 4.11. The maximum absolute atomic E-state index is 12.4. The Morgan fingerprint density at radius 3 is 2.71 bits per heavy atom. The summed E-state index contributed by atoms with van der Waals surface area (Å²) in [6, 6.07) is -0.865. The molecule has 1 aliphatic carbocycles. The predicted octanol–water partition coefficient (Wildman–Crippen LogP) is 0.392. The standard InChI is InChI=1S/C14H23N3O4/c1-21-12(18)9-11-13(19)15-7-8-17(11)14(20)16-10-5-3-2-4-6-10/h10-11H,2-9H2,1H3,(H,15,19)(H,16,20)/t11-/m0/s1. The summed E-state index contributed by atoms with van der Waals surface area (Å²) in [4.78, 5) is 37.2. The normalized spacial score (nSPS) is 23.4. The lowest BCUT2D eigenvalue weighted by Gasteiger charge is -2.36. The van der Waals surface area contributed by atoms with Crippen LogP contribution in [0.1, 0.15) is 38.5 Å². The molecule has 2 rings (SSSR count). The second-order valence-corrected chi connectivity index (χ2v) is 5.56. The summed E-state index contributed by atoms with van der Waals surface area (Å²) < 4.78 is 4.60. The number of carbonyl (C=O) groups excluding carboxylic acids is 3. The van der Waals surface area contributed by atoms with Gasteiger partial charge in [-0.1, -0.05) is 19.3 Å². The number of carbonyl (C=O) groups is 3. The summed E-state index contributed by atoms with van der Waals surface area (Å²) in [5, 5.41) is 5.67. The van der Waals surface area contributed by atoms with Crippen molar-refractivity contribution in [3.8, 4) is 0 Å². The van der Waals surface area contributed by atoms with Gasteiger partial charge in [-0.05, 0) is 12.8 Å². The number of methoxy groups -OCH3 is 1. The van der Waals surface area contributed by atoms with Crippen LogP contribution in [0.5, 0.6) is 0 Å². The molecule has 1 saturated heterocycles. The zero-order valence-corrected chi connectivity index (χ0v) is 12.4. The van der Waals surface area contributed by atoms with Gasteiger partial charge in [0, 0.05) is 19.1 Å². The highest BCUT2D eigenvalue weighted by molar-refractivity contribution is 5.91. The van der Waals surface area contributed by atoms with Crippen LogP contribution in [0.4, 0.5) is 4.79 Å². The van der Waals surface area contributed by atoms with Crippen molar-refractivity contribution in [3.05, 3.63) is 0 Å². The van der Waals surface area contributed by atoms with E-state index in [1.54, 1.807) is 0 Å². The molecule has 1 heterocycles. The smallest absolute Gasteiger partial charge is 0.318 e. The van der Waals surface area contributed by atoms with E-state index < -0.39 is 12.0 Å². The Balaban J connectivity index is 1.97. The molecule has 1 aliphatic heterocycles. The Morgan fingerprint density at radius 1 is 1.33 bits per heavy atom. The second-order valence-electron chi connectivity index (χ2n) is 5.56. The molecule has 21 heavy (non-hydrogen) atoms. The van der Waals surface area contributed by atoms with Crippen LogP contribution in [-0.4, -0.2) is 55.1 Å². The molecule has 0 unspecified atom stereocenters. The Kier molecular flexibility index (Phi) is 5.41. The van der Waals surface area contributed by atoms with Gasteiger partial charge in [0.15, 0.2) is 0 Å². The number of hydrogen-bond acceptors (Lipinski definition) is 4. The van der Waals surface area contributed by atoms with Gasteiger partial charge in [0.25, 0.3) is 0 Å². The molecule has 0 aromatic heterocycles. The van der Waals surface area contributed by atoms with E-state index in [1.165, 1.54) is 18.4 Å². The average Bonchev–Trinajstić information content (AvgIpc) is 2.50. The Labute approximate surface area is 124 Å². The highest BCUT2D eigenvalue weighted by Gasteiger charge is 2.35. The highest BCUT2D eigenvalue weighted by atomic mass is 16.5. The van der Waals surface area contributed by atoms with Crippen LogP contribution in [0.15, 0.2) is 0 Å². The van der Waals surface area contributed by atoms with E-state index in [-0.39, 0.29) is 24.4 Å².